The molecule has 0 bridgehead atoms. The van der Waals surface area contributed by atoms with Crippen LogP contribution in [0.15, 0.2) is 30.3 Å². The van der Waals surface area contributed by atoms with Crippen LogP contribution in [0.1, 0.15) is 13.8 Å². The summed E-state index contributed by atoms with van der Waals surface area (Å²) in [7, 11) is 0. The normalized spacial score (nSPS) is 10.2. The Morgan fingerprint density at radius 2 is 1.94 bits per heavy atom. The van der Waals surface area contributed by atoms with Gasteiger partial charge in [0.05, 0.1) is 12.7 Å². The number of hydrogen-bond donors (Lipinski definition) is 1. The Morgan fingerprint density at radius 1 is 1.25 bits per heavy atom. The zero-order valence-electron chi connectivity index (χ0n) is 9.60. The van der Waals surface area contributed by atoms with Crippen LogP contribution in [0.2, 0.25) is 0 Å². The van der Waals surface area contributed by atoms with Crippen LogP contribution in [0.4, 0.5) is 10.5 Å². The zero-order valence-corrected chi connectivity index (χ0v) is 9.60. The number of rotatable bonds is 5. The Labute approximate surface area is 95.6 Å². The highest BCUT2D eigenvalue weighted by Gasteiger charge is 2.02. The van der Waals surface area contributed by atoms with Crippen molar-refractivity contribution in [3.05, 3.63) is 30.3 Å². The Bertz CT molecular complexity index is 311. The molecule has 0 aliphatic rings. The Kier molecular flexibility index (Phi) is 5.36. The molecule has 4 nitrogen and oxygen atoms in total. The molecule has 0 unspecified atom stereocenters. The van der Waals surface area contributed by atoms with Gasteiger partial charge in [-0.15, -0.1) is 0 Å². The van der Waals surface area contributed by atoms with Crippen LogP contribution in [0, 0.1) is 0 Å². The van der Waals surface area contributed by atoms with E-state index in [0.29, 0.717) is 6.61 Å². The lowest BCUT2D eigenvalue weighted by Gasteiger charge is -2.09. The molecule has 0 fully saturated rings. The van der Waals surface area contributed by atoms with E-state index in [1.54, 1.807) is 12.1 Å². The third-order valence-electron chi connectivity index (χ3n) is 1.79. The van der Waals surface area contributed by atoms with Crippen molar-refractivity contribution < 1.29 is 14.3 Å². The first-order chi connectivity index (χ1) is 7.68. The maximum absolute atomic E-state index is 11.3. The summed E-state index contributed by atoms with van der Waals surface area (Å²) in [6.07, 6.45) is -0.306. The van der Waals surface area contributed by atoms with Gasteiger partial charge in [0.1, 0.15) is 6.61 Å². The Hall–Kier alpha value is -1.55. The second-order valence-corrected chi connectivity index (χ2v) is 3.55. The number of hydrogen-bond acceptors (Lipinski definition) is 3. The van der Waals surface area contributed by atoms with E-state index in [1.165, 1.54) is 0 Å². The van der Waals surface area contributed by atoms with Crippen LogP contribution >= 0.6 is 0 Å². The third kappa shape index (κ3) is 5.36. The van der Waals surface area contributed by atoms with Crippen molar-refractivity contribution in [2.75, 3.05) is 18.5 Å². The number of amides is 1. The lowest BCUT2D eigenvalue weighted by Crippen LogP contribution is -2.17. The first kappa shape index (κ1) is 12.5. The lowest BCUT2D eigenvalue weighted by atomic mass is 10.3. The molecule has 0 heterocycles. The average Bonchev–Trinajstić information content (AvgIpc) is 2.25. The number of carbonyl (C=O) groups is 1. The summed E-state index contributed by atoms with van der Waals surface area (Å²) >= 11 is 0. The van der Waals surface area contributed by atoms with Gasteiger partial charge in [-0.2, -0.15) is 0 Å². The largest absolute Gasteiger partial charge is 0.447 e. The number of anilines is 1. The van der Waals surface area contributed by atoms with Gasteiger partial charge in [-0.3, -0.25) is 5.32 Å². The molecular weight excluding hydrogens is 206 g/mol. The molecule has 88 valence electrons. The van der Waals surface area contributed by atoms with Gasteiger partial charge in [0.15, 0.2) is 0 Å². The minimum absolute atomic E-state index is 0.154. The number of para-hydroxylation sites is 1. The topological polar surface area (TPSA) is 47.6 Å². The molecular formula is C12H17NO3. The maximum Gasteiger partial charge on any atom is 0.411 e. The summed E-state index contributed by atoms with van der Waals surface area (Å²) in [6, 6.07) is 9.17. The highest BCUT2D eigenvalue weighted by Crippen LogP contribution is 2.05. The van der Waals surface area contributed by atoms with Crippen molar-refractivity contribution in [3.8, 4) is 0 Å². The molecule has 1 rings (SSSR count). The minimum Gasteiger partial charge on any atom is -0.447 e. The monoisotopic (exact) mass is 223 g/mol. The highest BCUT2D eigenvalue weighted by atomic mass is 16.6. The summed E-state index contributed by atoms with van der Waals surface area (Å²) in [4.78, 5) is 11.3. The molecule has 0 saturated heterocycles. The van der Waals surface area contributed by atoms with Crippen molar-refractivity contribution >= 4 is 11.8 Å². The molecule has 0 radical (unpaired) electrons. The number of carbonyl (C=O) groups excluding carboxylic acids is 1. The van der Waals surface area contributed by atoms with E-state index in [4.69, 9.17) is 9.47 Å². The van der Waals surface area contributed by atoms with E-state index in [9.17, 15) is 4.79 Å². The third-order valence-corrected chi connectivity index (χ3v) is 1.79. The van der Waals surface area contributed by atoms with Crippen molar-refractivity contribution in [1.82, 2.24) is 0 Å². The Morgan fingerprint density at radius 3 is 2.56 bits per heavy atom. The van der Waals surface area contributed by atoms with Gasteiger partial charge in [-0.25, -0.2) is 4.79 Å². The predicted molar refractivity (Wildman–Crippen MR) is 62.5 cm³/mol. The molecule has 0 aliphatic carbocycles. The summed E-state index contributed by atoms with van der Waals surface area (Å²) in [5, 5.41) is 2.61. The summed E-state index contributed by atoms with van der Waals surface area (Å²) in [6.45, 7) is 4.55. The van der Waals surface area contributed by atoms with Crippen LogP contribution in [0.25, 0.3) is 0 Å². The van der Waals surface area contributed by atoms with Crippen LogP contribution in [0.5, 0.6) is 0 Å². The van der Waals surface area contributed by atoms with E-state index in [-0.39, 0.29) is 12.7 Å². The lowest BCUT2D eigenvalue weighted by molar-refractivity contribution is 0.0427. The molecule has 0 aromatic heterocycles. The number of ether oxygens (including phenoxy) is 2. The molecule has 1 N–H and O–H groups in total. The summed E-state index contributed by atoms with van der Waals surface area (Å²) in [5.74, 6) is 0. The van der Waals surface area contributed by atoms with Gasteiger partial charge in [0.25, 0.3) is 0 Å². The van der Waals surface area contributed by atoms with Crippen molar-refractivity contribution in [3.63, 3.8) is 0 Å². The fraction of sp³-hybridized carbons (Fsp3) is 0.417. The maximum atomic E-state index is 11.3. The van der Waals surface area contributed by atoms with Gasteiger partial charge in [0.2, 0.25) is 0 Å². The SMILES string of the molecule is CC(C)OCCOC(=O)Nc1ccccc1. The van der Waals surface area contributed by atoms with Crippen LogP contribution < -0.4 is 5.32 Å². The van der Waals surface area contributed by atoms with Gasteiger partial charge in [-0.1, -0.05) is 18.2 Å². The molecule has 0 atom stereocenters. The van der Waals surface area contributed by atoms with Crippen LogP contribution in [-0.4, -0.2) is 25.4 Å². The van der Waals surface area contributed by atoms with E-state index in [0.717, 1.165) is 5.69 Å². The second-order valence-electron chi connectivity index (χ2n) is 3.55. The first-order valence-corrected chi connectivity index (χ1v) is 5.29. The molecule has 1 amide bonds. The number of benzene rings is 1. The minimum atomic E-state index is -0.460. The second kappa shape index (κ2) is 6.85. The smallest absolute Gasteiger partial charge is 0.411 e. The molecule has 0 aliphatic heterocycles. The van der Waals surface area contributed by atoms with Crippen molar-refractivity contribution in [2.45, 2.75) is 20.0 Å². The molecule has 0 spiro atoms. The summed E-state index contributed by atoms with van der Waals surface area (Å²) < 4.78 is 10.2. The number of nitrogens with one attached hydrogen (secondary N) is 1. The fourth-order valence-electron chi connectivity index (χ4n) is 1.09. The van der Waals surface area contributed by atoms with E-state index >= 15 is 0 Å². The van der Waals surface area contributed by atoms with Gasteiger partial charge in [0, 0.05) is 5.69 Å². The fourth-order valence-corrected chi connectivity index (χ4v) is 1.09. The molecule has 1 aromatic rings. The van der Waals surface area contributed by atoms with Gasteiger partial charge in [-0.05, 0) is 26.0 Å². The van der Waals surface area contributed by atoms with E-state index < -0.39 is 6.09 Å². The quantitative estimate of drug-likeness (QED) is 0.781. The van der Waals surface area contributed by atoms with E-state index in [1.807, 2.05) is 32.0 Å². The Balaban J connectivity index is 2.17. The van der Waals surface area contributed by atoms with Crippen molar-refractivity contribution in [1.29, 1.82) is 0 Å². The van der Waals surface area contributed by atoms with Gasteiger partial charge < -0.3 is 9.47 Å². The van der Waals surface area contributed by atoms with Crippen LogP contribution in [0.3, 0.4) is 0 Å². The van der Waals surface area contributed by atoms with Gasteiger partial charge >= 0.3 is 6.09 Å². The standard InChI is InChI=1S/C12H17NO3/c1-10(2)15-8-9-16-12(14)13-11-6-4-3-5-7-11/h3-7,10H,8-9H2,1-2H3,(H,13,14). The van der Waals surface area contributed by atoms with E-state index in [2.05, 4.69) is 5.32 Å². The average molecular weight is 223 g/mol. The zero-order chi connectivity index (χ0) is 11.8. The van der Waals surface area contributed by atoms with Crippen molar-refractivity contribution in [2.24, 2.45) is 0 Å². The molecule has 0 saturated carbocycles. The molecule has 1 aromatic carbocycles. The molecule has 4 heteroatoms. The van der Waals surface area contributed by atoms with Crippen LogP contribution in [-0.2, 0) is 9.47 Å². The summed E-state index contributed by atoms with van der Waals surface area (Å²) in [5.41, 5.74) is 0.720. The highest BCUT2D eigenvalue weighted by molar-refractivity contribution is 5.84. The first-order valence-electron chi connectivity index (χ1n) is 5.29. The molecule has 16 heavy (non-hydrogen) atoms. The predicted octanol–water partition coefficient (Wildman–Crippen LogP) is 2.66.